The van der Waals surface area contributed by atoms with Crippen LogP contribution in [0.3, 0.4) is 0 Å². The number of rotatable bonds is 7. The summed E-state index contributed by atoms with van der Waals surface area (Å²) < 4.78 is 2.15. The predicted octanol–water partition coefficient (Wildman–Crippen LogP) is 5.89. The van der Waals surface area contributed by atoms with E-state index in [0.29, 0.717) is 0 Å². The first kappa shape index (κ1) is 19.6. The summed E-state index contributed by atoms with van der Waals surface area (Å²) in [6, 6.07) is 4.19. The quantitative estimate of drug-likeness (QED) is 0.377. The number of halogens is 2. The van der Waals surface area contributed by atoms with Crippen molar-refractivity contribution in [3.8, 4) is 0 Å². The molecular weight excluding hydrogens is 452 g/mol. The smallest absolute Gasteiger partial charge is 0.0885 e. The maximum atomic E-state index is 3.72. The van der Waals surface area contributed by atoms with Gasteiger partial charge in [-0.25, -0.2) is 5.43 Å². The molecule has 2 rings (SSSR count). The Morgan fingerprint density at radius 3 is 2.33 bits per heavy atom. The van der Waals surface area contributed by atoms with Gasteiger partial charge in [-0.3, -0.25) is 0 Å². The van der Waals surface area contributed by atoms with E-state index in [2.05, 4.69) is 97.0 Å². The summed E-state index contributed by atoms with van der Waals surface area (Å²) in [5, 5.41) is 11.3. The van der Waals surface area contributed by atoms with Gasteiger partial charge in [0, 0.05) is 30.0 Å². The van der Waals surface area contributed by atoms with Crippen molar-refractivity contribution < 1.29 is 0 Å². The van der Waals surface area contributed by atoms with E-state index in [0.717, 1.165) is 39.1 Å². The zero-order valence-electron chi connectivity index (χ0n) is 14.4. The van der Waals surface area contributed by atoms with Crippen LogP contribution in [0, 0.1) is 5.41 Å². The molecule has 1 aromatic carbocycles. The molecule has 0 radical (unpaired) electrons. The second-order valence-electron chi connectivity index (χ2n) is 6.74. The standard InChI is InChI=1S/C17H24Br2N4S/c1-17(2,3)10-22-14-6-5-13(15(19)16(14)23-20-4)21-7-11-8-24-9-12(11)18/h5-6,8-9,20-23H,7,10H2,1-4H3. The molecule has 2 aromatic rings. The van der Waals surface area contributed by atoms with Crippen LogP contribution >= 0.6 is 43.2 Å². The fraction of sp³-hybridized carbons (Fsp3) is 0.412. The van der Waals surface area contributed by atoms with Crippen LogP contribution in [0.1, 0.15) is 26.3 Å². The molecule has 0 aliphatic heterocycles. The SMILES string of the molecule is CNNc1c(NCC(C)(C)C)ccc(NCc2cscc2Br)c1Br. The molecule has 132 valence electrons. The van der Waals surface area contributed by atoms with Crippen LogP contribution in [0.2, 0.25) is 0 Å². The number of benzene rings is 1. The highest BCUT2D eigenvalue weighted by Gasteiger charge is 2.15. The van der Waals surface area contributed by atoms with Gasteiger partial charge in [0.25, 0.3) is 0 Å². The Labute approximate surface area is 165 Å². The lowest BCUT2D eigenvalue weighted by Crippen LogP contribution is -2.22. The average molecular weight is 476 g/mol. The third kappa shape index (κ3) is 5.37. The van der Waals surface area contributed by atoms with E-state index >= 15 is 0 Å². The highest BCUT2D eigenvalue weighted by Crippen LogP contribution is 2.37. The maximum Gasteiger partial charge on any atom is 0.0885 e. The van der Waals surface area contributed by atoms with Gasteiger partial charge < -0.3 is 16.1 Å². The number of hydrazine groups is 1. The summed E-state index contributed by atoms with van der Waals surface area (Å²) in [6.07, 6.45) is 0. The van der Waals surface area contributed by atoms with Crippen LogP contribution in [0.4, 0.5) is 17.1 Å². The molecule has 24 heavy (non-hydrogen) atoms. The Balaban J connectivity index is 2.18. The summed E-state index contributed by atoms with van der Waals surface area (Å²) in [5.41, 5.74) is 10.8. The van der Waals surface area contributed by atoms with Crippen LogP contribution in [0.5, 0.6) is 0 Å². The fourth-order valence-corrected chi connectivity index (χ4v) is 4.12. The Kier molecular flexibility index (Phi) is 6.98. The molecular formula is C17H24Br2N4S. The van der Waals surface area contributed by atoms with Crippen molar-refractivity contribution in [3.63, 3.8) is 0 Å². The minimum Gasteiger partial charge on any atom is -0.383 e. The molecule has 0 atom stereocenters. The van der Waals surface area contributed by atoms with Crippen LogP contribution in [-0.4, -0.2) is 13.6 Å². The normalized spacial score (nSPS) is 11.4. The molecule has 0 amide bonds. The van der Waals surface area contributed by atoms with Gasteiger partial charge in [-0.05, 0) is 60.4 Å². The lowest BCUT2D eigenvalue weighted by Gasteiger charge is -2.23. The number of thiophene rings is 1. The van der Waals surface area contributed by atoms with E-state index < -0.39 is 0 Å². The molecule has 0 saturated heterocycles. The van der Waals surface area contributed by atoms with Crippen LogP contribution in [-0.2, 0) is 6.54 Å². The summed E-state index contributed by atoms with van der Waals surface area (Å²) in [5.74, 6) is 0. The first-order valence-corrected chi connectivity index (χ1v) is 10.3. The summed E-state index contributed by atoms with van der Waals surface area (Å²) in [6.45, 7) is 8.32. The van der Waals surface area contributed by atoms with Gasteiger partial charge in [-0.2, -0.15) is 11.3 Å². The van der Waals surface area contributed by atoms with Crippen molar-refractivity contribution >= 4 is 60.3 Å². The molecule has 0 saturated carbocycles. The predicted molar refractivity (Wildman–Crippen MR) is 114 cm³/mol. The molecule has 0 aliphatic rings. The number of nitrogens with one attached hydrogen (secondary N) is 4. The third-order valence-electron chi connectivity index (χ3n) is 3.36. The van der Waals surface area contributed by atoms with Crippen molar-refractivity contribution in [2.24, 2.45) is 5.41 Å². The van der Waals surface area contributed by atoms with E-state index in [1.807, 2.05) is 7.05 Å². The second-order valence-corrected chi connectivity index (χ2v) is 9.13. The summed E-state index contributed by atoms with van der Waals surface area (Å²) in [4.78, 5) is 0. The van der Waals surface area contributed by atoms with Gasteiger partial charge in [0.05, 0.1) is 21.5 Å². The Morgan fingerprint density at radius 2 is 1.75 bits per heavy atom. The number of anilines is 3. The molecule has 0 unspecified atom stereocenters. The van der Waals surface area contributed by atoms with Gasteiger partial charge in [0.1, 0.15) is 0 Å². The van der Waals surface area contributed by atoms with E-state index in [-0.39, 0.29) is 5.41 Å². The van der Waals surface area contributed by atoms with E-state index in [4.69, 9.17) is 0 Å². The Hall–Kier alpha value is -0.760. The minimum atomic E-state index is 0.214. The first-order valence-electron chi connectivity index (χ1n) is 7.75. The third-order valence-corrected chi connectivity index (χ3v) is 6.02. The highest BCUT2D eigenvalue weighted by atomic mass is 79.9. The highest BCUT2D eigenvalue weighted by molar-refractivity contribution is 9.11. The van der Waals surface area contributed by atoms with E-state index in [9.17, 15) is 0 Å². The zero-order chi connectivity index (χ0) is 17.7. The lowest BCUT2D eigenvalue weighted by atomic mass is 9.97. The Morgan fingerprint density at radius 1 is 1.04 bits per heavy atom. The van der Waals surface area contributed by atoms with Crippen molar-refractivity contribution in [3.05, 3.63) is 37.4 Å². The monoisotopic (exact) mass is 474 g/mol. The van der Waals surface area contributed by atoms with Gasteiger partial charge >= 0.3 is 0 Å². The number of hydrogen-bond acceptors (Lipinski definition) is 5. The minimum absolute atomic E-state index is 0.214. The van der Waals surface area contributed by atoms with Crippen molar-refractivity contribution in [1.82, 2.24) is 5.43 Å². The van der Waals surface area contributed by atoms with Crippen LogP contribution in [0.25, 0.3) is 0 Å². The molecule has 0 bridgehead atoms. The van der Waals surface area contributed by atoms with Crippen molar-refractivity contribution in [2.75, 3.05) is 29.7 Å². The molecule has 4 N–H and O–H groups in total. The molecule has 0 spiro atoms. The van der Waals surface area contributed by atoms with E-state index in [1.54, 1.807) is 11.3 Å². The molecule has 7 heteroatoms. The van der Waals surface area contributed by atoms with Gasteiger partial charge in [-0.1, -0.05) is 20.8 Å². The van der Waals surface area contributed by atoms with Crippen LogP contribution < -0.4 is 21.5 Å². The Bertz CT molecular complexity index is 680. The van der Waals surface area contributed by atoms with E-state index in [1.165, 1.54) is 5.56 Å². The largest absolute Gasteiger partial charge is 0.383 e. The van der Waals surface area contributed by atoms with Gasteiger partial charge in [0.15, 0.2) is 0 Å². The summed E-state index contributed by atoms with van der Waals surface area (Å²) in [7, 11) is 1.86. The van der Waals surface area contributed by atoms with Crippen LogP contribution in [0.15, 0.2) is 31.8 Å². The fourth-order valence-electron chi connectivity index (χ4n) is 2.09. The summed E-state index contributed by atoms with van der Waals surface area (Å²) >= 11 is 8.99. The second kappa shape index (κ2) is 8.56. The first-order chi connectivity index (χ1) is 11.3. The van der Waals surface area contributed by atoms with Gasteiger partial charge in [0.2, 0.25) is 0 Å². The topological polar surface area (TPSA) is 48.1 Å². The van der Waals surface area contributed by atoms with Crippen molar-refractivity contribution in [2.45, 2.75) is 27.3 Å². The lowest BCUT2D eigenvalue weighted by molar-refractivity contribution is 0.443. The molecule has 1 heterocycles. The molecule has 0 aliphatic carbocycles. The average Bonchev–Trinajstić information content (AvgIpc) is 2.91. The molecule has 1 aromatic heterocycles. The van der Waals surface area contributed by atoms with Gasteiger partial charge in [-0.15, -0.1) is 0 Å². The van der Waals surface area contributed by atoms with Crippen molar-refractivity contribution in [1.29, 1.82) is 0 Å². The number of hydrogen-bond donors (Lipinski definition) is 4. The zero-order valence-corrected chi connectivity index (χ0v) is 18.4. The molecule has 0 fully saturated rings. The molecule has 4 nitrogen and oxygen atoms in total. The maximum absolute atomic E-state index is 3.72.